The second kappa shape index (κ2) is 7.14. The third kappa shape index (κ3) is 3.93. The molecule has 25 heavy (non-hydrogen) atoms. The van der Waals surface area contributed by atoms with E-state index < -0.39 is 11.2 Å². The molecule has 1 amide bonds. The topological polar surface area (TPSA) is 84.4 Å². The molecule has 0 unspecified atom stereocenters. The van der Waals surface area contributed by atoms with E-state index in [1.807, 2.05) is 12.1 Å². The van der Waals surface area contributed by atoms with Crippen LogP contribution >= 0.6 is 11.6 Å². The van der Waals surface area contributed by atoms with Crippen LogP contribution in [0.3, 0.4) is 0 Å². The van der Waals surface area contributed by atoms with E-state index in [0.29, 0.717) is 31.0 Å². The first-order chi connectivity index (χ1) is 11.9. The maximum atomic E-state index is 12.5. The molecule has 1 N–H and O–H groups in total. The van der Waals surface area contributed by atoms with Gasteiger partial charge in [-0.15, -0.1) is 0 Å². The fourth-order valence-corrected chi connectivity index (χ4v) is 2.89. The molecule has 0 bridgehead atoms. The van der Waals surface area contributed by atoms with Gasteiger partial charge in [-0.2, -0.15) is 0 Å². The van der Waals surface area contributed by atoms with Gasteiger partial charge >= 0.3 is 5.69 Å². The first-order valence-electron chi connectivity index (χ1n) is 7.95. The third-order valence-corrected chi connectivity index (χ3v) is 4.44. The minimum absolute atomic E-state index is 0.00337. The van der Waals surface area contributed by atoms with Crippen LogP contribution in [-0.2, 0) is 7.05 Å². The highest BCUT2D eigenvalue weighted by atomic mass is 35.5. The summed E-state index contributed by atoms with van der Waals surface area (Å²) in [7, 11) is 1.49. The summed E-state index contributed by atoms with van der Waals surface area (Å²) in [6.07, 6.45) is 2.61. The van der Waals surface area contributed by atoms with Crippen LogP contribution in [0.4, 0.5) is 0 Å². The summed E-state index contributed by atoms with van der Waals surface area (Å²) in [4.78, 5) is 39.5. The predicted molar refractivity (Wildman–Crippen MR) is 93.3 cm³/mol. The Labute approximate surface area is 148 Å². The minimum atomic E-state index is -0.660. The van der Waals surface area contributed by atoms with Crippen molar-refractivity contribution in [2.24, 2.45) is 7.05 Å². The summed E-state index contributed by atoms with van der Waals surface area (Å²) < 4.78 is 7.08. The molecule has 1 fully saturated rings. The van der Waals surface area contributed by atoms with Gasteiger partial charge in [-0.05, 0) is 24.3 Å². The van der Waals surface area contributed by atoms with Crippen molar-refractivity contribution in [2.45, 2.75) is 18.9 Å². The first kappa shape index (κ1) is 17.3. The SMILES string of the molecule is Cn1cc(C(=O)N2CCC(Oc3ccc(Cl)cc3)CC2)c(=O)[nH]c1=O. The van der Waals surface area contributed by atoms with Crippen LogP contribution in [0.5, 0.6) is 5.75 Å². The van der Waals surface area contributed by atoms with Crippen molar-refractivity contribution < 1.29 is 9.53 Å². The number of amides is 1. The van der Waals surface area contributed by atoms with Crippen molar-refractivity contribution in [3.63, 3.8) is 0 Å². The number of likely N-dealkylation sites (tertiary alicyclic amines) is 1. The molecule has 0 radical (unpaired) electrons. The van der Waals surface area contributed by atoms with Crippen LogP contribution in [0.15, 0.2) is 40.1 Å². The van der Waals surface area contributed by atoms with Gasteiger partial charge in [0.05, 0.1) is 0 Å². The van der Waals surface area contributed by atoms with Gasteiger partial charge in [0, 0.05) is 44.2 Å². The van der Waals surface area contributed by atoms with Gasteiger partial charge in [-0.3, -0.25) is 14.6 Å². The van der Waals surface area contributed by atoms with Gasteiger partial charge in [0.1, 0.15) is 17.4 Å². The van der Waals surface area contributed by atoms with E-state index in [4.69, 9.17) is 16.3 Å². The number of hydrogen-bond acceptors (Lipinski definition) is 4. The Balaban J connectivity index is 1.63. The Hall–Kier alpha value is -2.54. The molecule has 1 aromatic heterocycles. The number of aromatic nitrogens is 2. The summed E-state index contributed by atoms with van der Waals surface area (Å²) in [5.41, 5.74) is -1.23. The summed E-state index contributed by atoms with van der Waals surface area (Å²) in [5, 5.41) is 0.648. The van der Waals surface area contributed by atoms with E-state index in [0.717, 1.165) is 5.75 Å². The number of nitrogens with one attached hydrogen (secondary N) is 1. The summed E-state index contributed by atoms with van der Waals surface area (Å²) in [5.74, 6) is 0.366. The van der Waals surface area contributed by atoms with Crippen LogP contribution in [0.2, 0.25) is 5.02 Å². The predicted octanol–water partition coefficient (Wildman–Crippen LogP) is 1.41. The van der Waals surface area contributed by atoms with Crippen molar-refractivity contribution in [3.05, 3.63) is 61.9 Å². The number of carbonyl (C=O) groups excluding carboxylic acids is 1. The molecule has 0 aliphatic carbocycles. The van der Waals surface area contributed by atoms with Gasteiger partial charge in [-0.25, -0.2) is 4.79 Å². The third-order valence-electron chi connectivity index (χ3n) is 4.18. The van der Waals surface area contributed by atoms with E-state index in [2.05, 4.69) is 4.98 Å². The molecular formula is C17H18ClN3O4. The molecule has 1 aromatic carbocycles. The van der Waals surface area contributed by atoms with Crippen LogP contribution in [0.1, 0.15) is 23.2 Å². The minimum Gasteiger partial charge on any atom is -0.490 e. The summed E-state index contributed by atoms with van der Waals surface area (Å²) in [6, 6.07) is 7.15. The van der Waals surface area contributed by atoms with Crippen molar-refractivity contribution in [1.29, 1.82) is 0 Å². The zero-order chi connectivity index (χ0) is 18.0. The van der Waals surface area contributed by atoms with Gasteiger partial charge in [-0.1, -0.05) is 11.6 Å². The molecule has 1 saturated heterocycles. The average Bonchev–Trinajstić information content (AvgIpc) is 2.60. The van der Waals surface area contributed by atoms with Crippen LogP contribution < -0.4 is 16.0 Å². The summed E-state index contributed by atoms with van der Waals surface area (Å²) >= 11 is 5.85. The van der Waals surface area contributed by atoms with Crippen molar-refractivity contribution >= 4 is 17.5 Å². The maximum Gasteiger partial charge on any atom is 0.328 e. The van der Waals surface area contributed by atoms with Crippen LogP contribution in [-0.4, -0.2) is 39.6 Å². The van der Waals surface area contributed by atoms with Crippen LogP contribution in [0.25, 0.3) is 0 Å². The molecule has 7 nitrogen and oxygen atoms in total. The Bertz CT molecular complexity index is 880. The molecule has 0 spiro atoms. The van der Waals surface area contributed by atoms with E-state index in [1.54, 1.807) is 17.0 Å². The molecule has 3 rings (SSSR count). The van der Waals surface area contributed by atoms with Crippen molar-refractivity contribution in [2.75, 3.05) is 13.1 Å². The standard InChI is InChI=1S/C17H18ClN3O4/c1-20-10-14(15(22)19-17(20)24)16(23)21-8-6-13(7-9-21)25-12-4-2-11(18)3-5-12/h2-5,10,13H,6-9H2,1H3,(H,19,22,24). The smallest absolute Gasteiger partial charge is 0.328 e. The van der Waals surface area contributed by atoms with Crippen molar-refractivity contribution in [3.8, 4) is 5.75 Å². The number of hydrogen-bond donors (Lipinski definition) is 1. The zero-order valence-corrected chi connectivity index (χ0v) is 14.5. The lowest BCUT2D eigenvalue weighted by atomic mass is 10.1. The number of nitrogens with zero attached hydrogens (tertiary/aromatic N) is 2. The largest absolute Gasteiger partial charge is 0.490 e. The van der Waals surface area contributed by atoms with E-state index in [1.165, 1.54) is 17.8 Å². The van der Waals surface area contributed by atoms with Gasteiger partial charge in [0.15, 0.2) is 0 Å². The van der Waals surface area contributed by atoms with Gasteiger partial charge in [0.2, 0.25) is 0 Å². The Morgan fingerprint density at radius 2 is 1.84 bits per heavy atom. The number of H-pyrrole nitrogens is 1. The molecular weight excluding hydrogens is 346 g/mol. The highest BCUT2D eigenvalue weighted by Crippen LogP contribution is 2.21. The number of halogens is 1. The Kier molecular flexibility index (Phi) is 4.94. The van der Waals surface area contributed by atoms with Crippen molar-refractivity contribution in [1.82, 2.24) is 14.5 Å². The molecule has 8 heteroatoms. The monoisotopic (exact) mass is 363 g/mol. The lowest BCUT2D eigenvalue weighted by molar-refractivity contribution is 0.0593. The van der Waals surface area contributed by atoms with E-state index >= 15 is 0 Å². The quantitative estimate of drug-likeness (QED) is 0.893. The molecule has 2 heterocycles. The molecule has 132 valence electrons. The number of aromatic amines is 1. The average molecular weight is 364 g/mol. The number of ether oxygens (including phenoxy) is 1. The number of benzene rings is 1. The normalized spacial score (nSPS) is 15.2. The lowest BCUT2D eigenvalue weighted by Gasteiger charge is -2.32. The Morgan fingerprint density at radius 3 is 2.48 bits per heavy atom. The fraction of sp³-hybridized carbons (Fsp3) is 0.353. The molecule has 2 aromatic rings. The summed E-state index contributed by atoms with van der Waals surface area (Å²) in [6.45, 7) is 0.971. The maximum absolute atomic E-state index is 12.5. The number of piperidine rings is 1. The second-order valence-corrected chi connectivity index (χ2v) is 6.41. The fourth-order valence-electron chi connectivity index (χ4n) is 2.77. The zero-order valence-electron chi connectivity index (χ0n) is 13.7. The van der Waals surface area contributed by atoms with Gasteiger partial charge in [0.25, 0.3) is 11.5 Å². The van der Waals surface area contributed by atoms with Gasteiger partial charge < -0.3 is 14.2 Å². The number of rotatable bonds is 3. The number of aryl methyl sites for hydroxylation is 1. The molecule has 0 saturated carbocycles. The highest BCUT2D eigenvalue weighted by Gasteiger charge is 2.26. The van der Waals surface area contributed by atoms with E-state index in [-0.39, 0.29) is 17.6 Å². The van der Waals surface area contributed by atoms with Crippen LogP contribution in [0, 0.1) is 0 Å². The highest BCUT2D eigenvalue weighted by molar-refractivity contribution is 6.30. The number of carbonyl (C=O) groups is 1. The first-order valence-corrected chi connectivity index (χ1v) is 8.33. The lowest BCUT2D eigenvalue weighted by Crippen LogP contribution is -2.44. The second-order valence-electron chi connectivity index (χ2n) is 5.98. The Morgan fingerprint density at radius 1 is 1.20 bits per heavy atom. The van der Waals surface area contributed by atoms with E-state index in [9.17, 15) is 14.4 Å². The molecule has 0 atom stereocenters. The molecule has 1 aliphatic rings. The molecule has 1 aliphatic heterocycles.